The van der Waals surface area contributed by atoms with E-state index < -0.39 is 17.8 Å². The van der Waals surface area contributed by atoms with Gasteiger partial charge in [-0.1, -0.05) is 6.42 Å². The molecule has 7 heteroatoms. The summed E-state index contributed by atoms with van der Waals surface area (Å²) in [5.74, 6) is 0.964. The third kappa shape index (κ3) is 3.54. The number of nitrogens with zero attached hydrogens (tertiary/aromatic N) is 1. The summed E-state index contributed by atoms with van der Waals surface area (Å²) < 4.78 is 43.5. The van der Waals surface area contributed by atoms with Crippen LogP contribution in [0.4, 0.5) is 23.7 Å². The topological polar surface area (TPSA) is 41.6 Å². The van der Waals surface area contributed by atoms with Gasteiger partial charge in [-0.2, -0.15) is 13.2 Å². The first kappa shape index (κ1) is 17.6. The van der Waals surface area contributed by atoms with E-state index in [1.807, 2.05) is 0 Å². The van der Waals surface area contributed by atoms with Crippen molar-refractivity contribution in [2.75, 3.05) is 18.4 Å². The van der Waals surface area contributed by atoms with E-state index in [-0.39, 0.29) is 6.10 Å². The van der Waals surface area contributed by atoms with Gasteiger partial charge >= 0.3 is 12.3 Å². The molecule has 4 atom stereocenters. The van der Waals surface area contributed by atoms with Gasteiger partial charge in [-0.15, -0.1) is 0 Å². The second kappa shape index (κ2) is 6.76. The van der Waals surface area contributed by atoms with Crippen molar-refractivity contribution >= 4 is 11.8 Å². The number of benzene rings is 1. The number of anilines is 1. The van der Waals surface area contributed by atoms with Crippen LogP contribution in [0, 0.1) is 11.8 Å². The van der Waals surface area contributed by atoms with E-state index in [1.54, 1.807) is 0 Å². The Hall–Kier alpha value is -1.76. The van der Waals surface area contributed by atoms with Crippen LogP contribution in [0.25, 0.3) is 0 Å². The van der Waals surface area contributed by atoms with Gasteiger partial charge in [-0.05, 0) is 62.4 Å². The highest BCUT2D eigenvalue weighted by Gasteiger charge is 2.48. The van der Waals surface area contributed by atoms with Crippen LogP contribution in [0.3, 0.4) is 0 Å². The van der Waals surface area contributed by atoms with Crippen LogP contribution in [-0.2, 0) is 10.9 Å². The number of ether oxygens (including phenoxy) is 1. The smallest absolute Gasteiger partial charge is 0.416 e. The number of hydrogen-bond acceptors (Lipinski definition) is 3. The maximum absolute atomic E-state index is 12.6. The summed E-state index contributed by atoms with van der Waals surface area (Å²) >= 11 is 0. The first-order chi connectivity index (χ1) is 12.4. The number of nitrogens with one attached hydrogen (secondary N) is 1. The average molecular weight is 368 g/mol. The zero-order valence-electron chi connectivity index (χ0n) is 14.5. The minimum atomic E-state index is -4.38. The van der Waals surface area contributed by atoms with Crippen LogP contribution in [0.15, 0.2) is 24.3 Å². The van der Waals surface area contributed by atoms with Crippen molar-refractivity contribution in [3.63, 3.8) is 0 Å². The molecule has 0 aromatic heterocycles. The molecule has 1 aromatic rings. The lowest BCUT2D eigenvalue weighted by molar-refractivity contribution is -0.137. The molecule has 3 aliphatic rings. The van der Waals surface area contributed by atoms with Crippen molar-refractivity contribution < 1.29 is 22.7 Å². The maximum Gasteiger partial charge on any atom is 0.416 e. The molecule has 2 saturated heterocycles. The summed E-state index contributed by atoms with van der Waals surface area (Å²) in [7, 11) is 0. The van der Waals surface area contributed by atoms with Crippen molar-refractivity contribution in [3.8, 4) is 0 Å². The van der Waals surface area contributed by atoms with Gasteiger partial charge in [-0.25, -0.2) is 4.79 Å². The Labute approximate surface area is 150 Å². The van der Waals surface area contributed by atoms with Gasteiger partial charge < -0.3 is 4.74 Å². The third-order valence-corrected chi connectivity index (χ3v) is 6.02. The standard InChI is InChI=1S/C19H23F3N2O2/c20-19(21,22)13-4-6-14(7-5-13)23-18(25)26-17-10-12-9-15(17)16-3-1-2-8-24(16)11-12/h4-7,12,15-17H,1-3,8-11H2,(H,23,25)/t12?,15?,16-,17?/m1/s1. The number of carbonyl (C=O) groups excluding carboxylic acids is 1. The van der Waals surface area contributed by atoms with Crippen LogP contribution in [0.2, 0.25) is 0 Å². The number of rotatable bonds is 2. The predicted octanol–water partition coefficient (Wildman–Crippen LogP) is 4.52. The molecule has 2 heterocycles. The summed E-state index contributed by atoms with van der Waals surface area (Å²) in [6.07, 6.45) is 0.580. The average Bonchev–Trinajstić information content (AvgIpc) is 2.91. The molecule has 4 nitrogen and oxygen atoms in total. The molecule has 1 saturated carbocycles. The molecular formula is C19H23F3N2O2. The molecule has 26 heavy (non-hydrogen) atoms. The molecule has 1 aromatic carbocycles. The molecule has 1 N–H and O–H groups in total. The molecule has 2 bridgehead atoms. The molecule has 4 rings (SSSR count). The largest absolute Gasteiger partial charge is 0.446 e. The minimum absolute atomic E-state index is 0.0949. The number of carbonyl (C=O) groups is 1. The van der Waals surface area contributed by atoms with E-state index in [9.17, 15) is 18.0 Å². The predicted molar refractivity (Wildman–Crippen MR) is 90.8 cm³/mol. The highest BCUT2D eigenvalue weighted by atomic mass is 19.4. The van der Waals surface area contributed by atoms with Gasteiger partial charge in [0.25, 0.3) is 0 Å². The van der Waals surface area contributed by atoms with Gasteiger partial charge in [0.15, 0.2) is 0 Å². The van der Waals surface area contributed by atoms with E-state index in [1.165, 1.54) is 25.0 Å². The van der Waals surface area contributed by atoms with Crippen molar-refractivity contribution in [2.45, 2.75) is 50.4 Å². The second-order valence-electron chi connectivity index (χ2n) is 7.70. The number of hydrogen-bond donors (Lipinski definition) is 1. The lowest BCUT2D eigenvalue weighted by Gasteiger charge is -2.43. The minimum Gasteiger partial charge on any atom is -0.446 e. The van der Waals surface area contributed by atoms with Crippen LogP contribution in [-0.4, -0.2) is 36.2 Å². The lowest BCUT2D eigenvalue weighted by Crippen LogP contribution is -2.49. The SMILES string of the molecule is O=C(Nc1ccc(C(F)(F)F)cc1)OC1CC2CC1[C@H]1CCCCN1C2. The summed E-state index contributed by atoms with van der Waals surface area (Å²) in [5, 5.41) is 2.56. The van der Waals surface area contributed by atoms with Gasteiger partial charge in [0.1, 0.15) is 6.10 Å². The fourth-order valence-corrected chi connectivity index (χ4v) is 4.91. The highest BCUT2D eigenvalue weighted by Crippen LogP contribution is 2.45. The first-order valence-corrected chi connectivity index (χ1v) is 9.29. The molecule has 0 radical (unpaired) electrons. The number of piperidine rings is 2. The van der Waals surface area contributed by atoms with Crippen LogP contribution < -0.4 is 5.32 Å². The number of fused-ring (bicyclic) bond motifs is 4. The monoisotopic (exact) mass is 368 g/mol. The Kier molecular flexibility index (Phi) is 4.59. The van der Waals surface area contributed by atoms with Crippen molar-refractivity contribution in [1.82, 2.24) is 4.90 Å². The third-order valence-electron chi connectivity index (χ3n) is 6.02. The summed E-state index contributed by atoms with van der Waals surface area (Å²) in [6, 6.07) is 4.92. The number of halogens is 3. The van der Waals surface area contributed by atoms with Gasteiger partial charge in [0.05, 0.1) is 5.56 Å². The highest BCUT2D eigenvalue weighted by molar-refractivity contribution is 5.84. The zero-order chi connectivity index (χ0) is 18.3. The Morgan fingerprint density at radius 1 is 1.15 bits per heavy atom. The van der Waals surface area contributed by atoms with Gasteiger partial charge in [-0.3, -0.25) is 10.2 Å². The fraction of sp³-hybridized carbons (Fsp3) is 0.632. The normalized spacial score (nSPS) is 31.3. The number of alkyl halides is 3. The van der Waals surface area contributed by atoms with E-state index in [0.29, 0.717) is 23.6 Å². The van der Waals surface area contributed by atoms with Crippen molar-refractivity contribution in [1.29, 1.82) is 0 Å². The number of amides is 1. The zero-order valence-corrected chi connectivity index (χ0v) is 14.5. The summed E-state index contributed by atoms with van der Waals surface area (Å²) in [5.41, 5.74) is -0.429. The fourth-order valence-electron chi connectivity index (χ4n) is 4.91. The molecule has 0 spiro atoms. The van der Waals surface area contributed by atoms with Gasteiger partial charge in [0, 0.05) is 24.2 Å². The van der Waals surface area contributed by atoms with Crippen LogP contribution >= 0.6 is 0 Å². The van der Waals surface area contributed by atoms with E-state index >= 15 is 0 Å². The van der Waals surface area contributed by atoms with E-state index in [2.05, 4.69) is 10.2 Å². The Morgan fingerprint density at radius 3 is 2.65 bits per heavy atom. The van der Waals surface area contributed by atoms with Crippen LogP contribution in [0.1, 0.15) is 37.7 Å². The second-order valence-corrected chi connectivity index (χ2v) is 7.70. The van der Waals surface area contributed by atoms with Crippen molar-refractivity contribution in [2.24, 2.45) is 11.8 Å². The maximum atomic E-state index is 12.6. The Morgan fingerprint density at radius 2 is 1.92 bits per heavy atom. The van der Waals surface area contributed by atoms with Crippen molar-refractivity contribution in [3.05, 3.63) is 29.8 Å². The molecule has 1 amide bonds. The molecule has 3 unspecified atom stereocenters. The molecule has 142 valence electrons. The van der Waals surface area contributed by atoms with E-state index in [4.69, 9.17) is 4.74 Å². The van der Waals surface area contributed by atoms with E-state index in [0.717, 1.165) is 44.5 Å². The van der Waals surface area contributed by atoms with Gasteiger partial charge in [0.2, 0.25) is 0 Å². The summed E-state index contributed by atoms with van der Waals surface area (Å²) in [4.78, 5) is 14.8. The Balaban J connectivity index is 1.36. The molecular weight excluding hydrogens is 345 g/mol. The van der Waals surface area contributed by atoms with Crippen LogP contribution in [0.5, 0.6) is 0 Å². The lowest BCUT2D eigenvalue weighted by atomic mass is 9.84. The summed E-state index contributed by atoms with van der Waals surface area (Å²) in [6.45, 7) is 2.24. The molecule has 2 aliphatic heterocycles. The first-order valence-electron chi connectivity index (χ1n) is 9.29. The quantitative estimate of drug-likeness (QED) is 0.835. The Bertz CT molecular complexity index is 662. The molecule has 3 fully saturated rings. The molecule has 1 aliphatic carbocycles.